The van der Waals surface area contributed by atoms with E-state index in [2.05, 4.69) is 176 Å². The Kier molecular flexibility index (Phi) is 5.74. The van der Waals surface area contributed by atoms with Gasteiger partial charge in [0.05, 0.1) is 0 Å². The van der Waals surface area contributed by atoms with Crippen molar-refractivity contribution in [3.63, 3.8) is 0 Å². The molecule has 9 aromatic rings. The van der Waals surface area contributed by atoms with Gasteiger partial charge in [-0.25, -0.2) is 0 Å². The quantitative estimate of drug-likeness (QED) is 0.178. The first-order valence-electron chi connectivity index (χ1n) is 16.5. The maximum Gasteiger partial charge on any atom is 0.0358 e. The third kappa shape index (κ3) is 4.08. The summed E-state index contributed by atoms with van der Waals surface area (Å²) in [5.41, 5.74) is 14.2. The monoisotopic (exact) mass is 594 g/mol. The van der Waals surface area contributed by atoms with E-state index in [4.69, 9.17) is 0 Å². The summed E-state index contributed by atoms with van der Waals surface area (Å²) in [4.78, 5) is 0. The van der Waals surface area contributed by atoms with Crippen LogP contribution in [0.4, 0.5) is 0 Å². The van der Waals surface area contributed by atoms with E-state index in [1.807, 2.05) is 0 Å². The lowest BCUT2D eigenvalue weighted by Gasteiger charge is -2.20. The highest BCUT2D eigenvalue weighted by atomic mass is 14.3. The number of rotatable bonds is 4. The summed E-state index contributed by atoms with van der Waals surface area (Å²) in [6.45, 7) is 0. The molecule has 0 N–H and O–H groups in total. The molecule has 0 heteroatoms. The molecule has 1 aliphatic rings. The highest BCUT2D eigenvalue weighted by Gasteiger charge is 2.32. The van der Waals surface area contributed by atoms with Crippen molar-refractivity contribution in [2.45, 2.75) is 5.92 Å². The van der Waals surface area contributed by atoms with Crippen molar-refractivity contribution >= 4 is 32.3 Å². The number of hydrogen-bond acceptors (Lipinski definition) is 0. The normalized spacial score (nSPS) is 13.7. The van der Waals surface area contributed by atoms with E-state index >= 15 is 0 Å². The molecule has 0 radical (unpaired) electrons. The molecule has 0 nitrogen and oxygen atoms in total. The third-order valence-electron chi connectivity index (χ3n) is 10.2. The Balaban J connectivity index is 1.20. The van der Waals surface area contributed by atoms with Gasteiger partial charge in [-0.2, -0.15) is 0 Å². The van der Waals surface area contributed by atoms with Crippen LogP contribution in [-0.4, -0.2) is 0 Å². The Morgan fingerprint density at radius 3 is 1.62 bits per heavy atom. The average molecular weight is 595 g/mol. The molecule has 0 heterocycles. The summed E-state index contributed by atoms with van der Waals surface area (Å²) in [6.07, 6.45) is 0. The van der Waals surface area contributed by atoms with Crippen molar-refractivity contribution in [3.8, 4) is 44.5 Å². The fourth-order valence-corrected chi connectivity index (χ4v) is 8.15. The number of fused-ring (bicyclic) bond motifs is 4. The van der Waals surface area contributed by atoms with Crippen molar-refractivity contribution in [3.05, 3.63) is 193 Å². The summed E-state index contributed by atoms with van der Waals surface area (Å²) in [5, 5.41) is 8.06. The molecule has 0 bridgehead atoms. The van der Waals surface area contributed by atoms with Gasteiger partial charge in [0, 0.05) is 5.92 Å². The standard InChI is InChI=1S/C47H30/c1-3-11-30(12-4-1)37-26-38(31-13-5-2-6-14-31)28-39(27-37)34-17-10-18-35(25-34)45-41-20-8-7-19-40(41)43-29-36-22-21-32-15-9-16-33-23-24-42(47(43)45)46(36)44(32)33/h1-29,45H. The van der Waals surface area contributed by atoms with E-state index in [-0.39, 0.29) is 5.92 Å². The lowest BCUT2D eigenvalue weighted by atomic mass is 9.83. The minimum atomic E-state index is 0.150. The van der Waals surface area contributed by atoms with E-state index in [9.17, 15) is 0 Å². The third-order valence-corrected chi connectivity index (χ3v) is 10.2. The van der Waals surface area contributed by atoms with Crippen molar-refractivity contribution in [1.29, 1.82) is 0 Å². The van der Waals surface area contributed by atoms with Gasteiger partial charge in [-0.15, -0.1) is 0 Å². The highest BCUT2D eigenvalue weighted by Crippen LogP contribution is 2.53. The molecule has 0 saturated carbocycles. The van der Waals surface area contributed by atoms with Gasteiger partial charge in [-0.05, 0) is 118 Å². The van der Waals surface area contributed by atoms with Crippen molar-refractivity contribution in [1.82, 2.24) is 0 Å². The first kappa shape index (κ1) is 26.3. The lowest BCUT2D eigenvalue weighted by molar-refractivity contribution is 1.03. The Morgan fingerprint density at radius 2 is 0.894 bits per heavy atom. The van der Waals surface area contributed by atoms with E-state index in [1.54, 1.807) is 0 Å². The van der Waals surface area contributed by atoms with Crippen LogP contribution in [0, 0.1) is 0 Å². The maximum atomic E-state index is 2.45. The zero-order chi connectivity index (χ0) is 30.9. The van der Waals surface area contributed by atoms with Crippen LogP contribution in [0.1, 0.15) is 22.6 Å². The van der Waals surface area contributed by atoms with Crippen LogP contribution in [0.3, 0.4) is 0 Å². The average Bonchev–Trinajstić information content (AvgIpc) is 3.48. The van der Waals surface area contributed by atoms with Crippen LogP contribution in [0.2, 0.25) is 0 Å². The molecule has 1 aliphatic carbocycles. The van der Waals surface area contributed by atoms with E-state index in [0.717, 1.165) is 0 Å². The number of benzene rings is 9. The van der Waals surface area contributed by atoms with Gasteiger partial charge in [0.15, 0.2) is 0 Å². The minimum Gasteiger partial charge on any atom is -0.0622 e. The summed E-state index contributed by atoms with van der Waals surface area (Å²) >= 11 is 0. The van der Waals surface area contributed by atoms with Gasteiger partial charge in [0.25, 0.3) is 0 Å². The first-order chi connectivity index (χ1) is 23.3. The van der Waals surface area contributed by atoms with Crippen LogP contribution < -0.4 is 0 Å². The van der Waals surface area contributed by atoms with Crippen molar-refractivity contribution < 1.29 is 0 Å². The highest BCUT2D eigenvalue weighted by molar-refractivity contribution is 6.25. The lowest BCUT2D eigenvalue weighted by Crippen LogP contribution is -2.01. The van der Waals surface area contributed by atoms with Crippen LogP contribution in [0.25, 0.3) is 76.8 Å². The largest absolute Gasteiger partial charge is 0.0622 e. The van der Waals surface area contributed by atoms with Gasteiger partial charge in [-0.1, -0.05) is 152 Å². The van der Waals surface area contributed by atoms with Gasteiger partial charge in [-0.3, -0.25) is 0 Å². The second-order valence-corrected chi connectivity index (χ2v) is 12.9. The Labute approximate surface area is 274 Å². The molecule has 0 saturated heterocycles. The molecular weight excluding hydrogens is 565 g/mol. The summed E-state index contributed by atoms with van der Waals surface area (Å²) in [6, 6.07) is 65.2. The first-order valence-corrected chi connectivity index (χ1v) is 16.5. The van der Waals surface area contributed by atoms with Gasteiger partial charge in [0.2, 0.25) is 0 Å². The Bertz CT molecular complexity index is 2540. The topological polar surface area (TPSA) is 0 Å². The van der Waals surface area contributed by atoms with E-state index in [0.29, 0.717) is 0 Å². The van der Waals surface area contributed by atoms with Crippen LogP contribution in [-0.2, 0) is 0 Å². The molecule has 1 atom stereocenters. The summed E-state index contributed by atoms with van der Waals surface area (Å²) < 4.78 is 0. The molecule has 47 heavy (non-hydrogen) atoms. The fraction of sp³-hybridized carbons (Fsp3) is 0.0213. The molecule has 1 unspecified atom stereocenters. The van der Waals surface area contributed by atoms with Crippen molar-refractivity contribution in [2.24, 2.45) is 0 Å². The Hall–Kier alpha value is -5.98. The molecule has 0 fully saturated rings. The van der Waals surface area contributed by atoms with E-state index < -0.39 is 0 Å². The maximum absolute atomic E-state index is 2.45. The van der Waals surface area contributed by atoms with E-state index in [1.165, 1.54) is 93.5 Å². The van der Waals surface area contributed by atoms with Gasteiger partial charge >= 0.3 is 0 Å². The molecule has 0 aromatic heterocycles. The molecular formula is C47H30. The van der Waals surface area contributed by atoms with Gasteiger partial charge in [0.1, 0.15) is 0 Å². The summed E-state index contributed by atoms with van der Waals surface area (Å²) in [5.74, 6) is 0.150. The molecule has 9 aromatic carbocycles. The van der Waals surface area contributed by atoms with Crippen LogP contribution in [0.5, 0.6) is 0 Å². The second kappa shape index (κ2) is 10.3. The predicted octanol–water partition coefficient (Wildman–Crippen LogP) is 12.7. The zero-order valence-electron chi connectivity index (χ0n) is 25.8. The van der Waals surface area contributed by atoms with Crippen LogP contribution in [0.15, 0.2) is 176 Å². The molecule has 10 rings (SSSR count). The molecule has 0 spiro atoms. The summed E-state index contributed by atoms with van der Waals surface area (Å²) in [7, 11) is 0. The van der Waals surface area contributed by atoms with Gasteiger partial charge < -0.3 is 0 Å². The number of hydrogen-bond donors (Lipinski definition) is 0. The minimum absolute atomic E-state index is 0.150. The second-order valence-electron chi connectivity index (χ2n) is 12.9. The van der Waals surface area contributed by atoms with Crippen LogP contribution >= 0.6 is 0 Å². The smallest absolute Gasteiger partial charge is 0.0358 e. The molecule has 0 amide bonds. The molecule has 0 aliphatic heterocycles. The predicted molar refractivity (Wildman–Crippen MR) is 199 cm³/mol. The Morgan fingerprint density at radius 1 is 0.319 bits per heavy atom. The fourth-order valence-electron chi connectivity index (χ4n) is 8.15. The SMILES string of the molecule is c1ccc(-c2cc(-c3ccccc3)cc(-c3cccc(C4c5ccccc5-c5cc6ccc7cccc8ccc(c54)c6c78)c3)c2)cc1. The zero-order valence-corrected chi connectivity index (χ0v) is 25.8. The van der Waals surface area contributed by atoms with Crippen molar-refractivity contribution in [2.75, 3.05) is 0 Å². The molecule has 218 valence electrons.